The van der Waals surface area contributed by atoms with Gasteiger partial charge in [-0.25, -0.2) is 9.99 Å². The molecule has 6 nitrogen and oxygen atoms in total. The molecule has 1 unspecified atom stereocenters. The van der Waals surface area contributed by atoms with Crippen molar-refractivity contribution in [3.8, 4) is 11.5 Å². The average Bonchev–Trinajstić information content (AvgIpc) is 3.29. The minimum atomic E-state index is -0.433. The van der Waals surface area contributed by atoms with Crippen LogP contribution in [0, 0.1) is 0 Å². The zero-order valence-electron chi connectivity index (χ0n) is 17.8. The molecular weight excluding hydrogens is 438 g/mol. The van der Waals surface area contributed by atoms with Gasteiger partial charge in [-0.05, 0) is 54.1 Å². The monoisotopic (exact) mass is 457 g/mol. The molecule has 0 spiro atoms. The second-order valence-electron chi connectivity index (χ2n) is 7.76. The molecule has 1 N–H and O–H groups in total. The van der Waals surface area contributed by atoms with E-state index >= 15 is 0 Å². The molecule has 0 fully saturated rings. The van der Waals surface area contributed by atoms with E-state index in [0.29, 0.717) is 28.5 Å². The van der Waals surface area contributed by atoms with E-state index in [-0.39, 0.29) is 11.7 Å². The van der Waals surface area contributed by atoms with E-state index in [0.717, 1.165) is 22.2 Å². The molecule has 1 aliphatic heterocycles. The largest absolute Gasteiger partial charge is 0.508 e. The van der Waals surface area contributed by atoms with Gasteiger partial charge < -0.3 is 9.84 Å². The lowest BCUT2D eigenvalue weighted by molar-refractivity contribution is 0.0711. The highest BCUT2D eigenvalue weighted by Crippen LogP contribution is 2.38. The Balaban J connectivity index is 1.60. The molecule has 3 aromatic carbocycles. The topological polar surface area (TPSA) is 75.0 Å². The van der Waals surface area contributed by atoms with E-state index in [2.05, 4.69) is 4.98 Å². The first-order chi connectivity index (χ1) is 16.0. The number of aromatic hydroxyl groups is 1. The molecule has 0 aliphatic carbocycles. The van der Waals surface area contributed by atoms with Crippen LogP contribution in [0.3, 0.4) is 0 Å². The number of nitrogens with zero attached hydrogens (tertiary/aromatic N) is 3. The summed E-state index contributed by atoms with van der Waals surface area (Å²) >= 11 is 6.62. The van der Waals surface area contributed by atoms with Gasteiger partial charge in [-0.1, -0.05) is 41.9 Å². The number of methoxy groups -OCH3 is 1. The van der Waals surface area contributed by atoms with Crippen molar-refractivity contribution in [3.63, 3.8) is 0 Å². The van der Waals surface area contributed by atoms with Crippen molar-refractivity contribution in [1.29, 1.82) is 0 Å². The Bertz CT molecular complexity index is 1370. The van der Waals surface area contributed by atoms with Crippen molar-refractivity contribution in [3.05, 3.63) is 101 Å². The Morgan fingerprint density at radius 2 is 1.82 bits per heavy atom. The van der Waals surface area contributed by atoms with Gasteiger partial charge in [0.25, 0.3) is 5.91 Å². The van der Waals surface area contributed by atoms with Gasteiger partial charge in [0.1, 0.15) is 16.7 Å². The van der Waals surface area contributed by atoms with Gasteiger partial charge in [0.05, 0.1) is 24.4 Å². The molecule has 0 radical (unpaired) electrons. The van der Waals surface area contributed by atoms with Crippen molar-refractivity contribution in [2.75, 3.05) is 7.11 Å². The lowest BCUT2D eigenvalue weighted by Crippen LogP contribution is -2.27. The van der Waals surface area contributed by atoms with Crippen LogP contribution in [0.15, 0.2) is 84.0 Å². The number of hydrazone groups is 1. The third-order valence-electron chi connectivity index (χ3n) is 5.70. The maximum absolute atomic E-state index is 13.4. The number of hydrogen-bond donors (Lipinski definition) is 1. The molecule has 0 saturated carbocycles. The molecule has 164 valence electrons. The number of carbonyl (C=O) groups is 1. The molecule has 0 saturated heterocycles. The van der Waals surface area contributed by atoms with E-state index in [1.807, 2.05) is 54.6 Å². The summed E-state index contributed by atoms with van der Waals surface area (Å²) < 4.78 is 5.35. The van der Waals surface area contributed by atoms with Crippen LogP contribution in [0.1, 0.15) is 33.9 Å². The first-order valence-electron chi connectivity index (χ1n) is 10.4. The lowest BCUT2D eigenvalue weighted by atomic mass is 9.98. The molecule has 0 bridgehead atoms. The molecule has 2 heterocycles. The van der Waals surface area contributed by atoms with Crippen LogP contribution < -0.4 is 4.74 Å². The molecule has 1 aromatic heterocycles. The number of pyridine rings is 1. The molecule has 5 rings (SSSR count). The Hall–Kier alpha value is -3.90. The average molecular weight is 458 g/mol. The number of rotatable bonds is 4. The number of aromatic nitrogens is 1. The number of carbonyl (C=O) groups excluding carboxylic acids is 1. The number of fused-ring (bicyclic) bond motifs is 1. The number of amides is 1. The van der Waals surface area contributed by atoms with Crippen LogP contribution in [0.4, 0.5) is 0 Å². The van der Waals surface area contributed by atoms with Crippen LogP contribution in [0.2, 0.25) is 5.15 Å². The second kappa shape index (κ2) is 8.56. The van der Waals surface area contributed by atoms with Crippen molar-refractivity contribution < 1.29 is 14.6 Å². The first-order valence-corrected chi connectivity index (χ1v) is 10.8. The van der Waals surface area contributed by atoms with Gasteiger partial charge >= 0.3 is 0 Å². The van der Waals surface area contributed by atoms with E-state index in [1.54, 1.807) is 19.2 Å². The quantitative estimate of drug-likeness (QED) is 0.405. The molecule has 1 amide bonds. The molecule has 4 aromatic rings. The highest BCUT2D eigenvalue weighted by atomic mass is 35.5. The zero-order chi connectivity index (χ0) is 22.9. The third kappa shape index (κ3) is 4.01. The Morgan fingerprint density at radius 3 is 2.55 bits per heavy atom. The van der Waals surface area contributed by atoms with Crippen molar-refractivity contribution in [2.24, 2.45) is 5.10 Å². The van der Waals surface area contributed by atoms with E-state index < -0.39 is 6.04 Å². The summed E-state index contributed by atoms with van der Waals surface area (Å²) in [6.45, 7) is 0. The van der Waals surface area contributed by atoms with Crippen LogP contribution in [-0.2, 0) is 0 Å². The number of halogens is 1. The number of benzene rings is 3. The predicted molar refractivity (Wildman–Crippen MR) is 128 cm³/mol. The molecule has 1 aliphatic rings. The SMILES string of the molecule is COc1ccc2nc(Cl)c(C3CC(c4ccccc4)=NN3C(=O)c3ccc(O)cc3)cc2c1. The number of phenols is 1. The summed E-state index contributed by atoms with van der Waals surface area (Å²) in [5.41, 5.74) is 3.59. The number of ether oxygens (including phenoxy) is 1. The fourth-order valence-corrected chi connectivity index (χ4v) is 4.26. The number of hydrogen-bond acceptors (Lipinski definition) is 5. The van der Waals surface area contributed by atoms with E-state index in [4.69, 9.17) is 21.4 Å². The first kappa shape index (κ1) is 21.0. The van der Waals surface area contributed by atoms with Gasteiger partial charge in [0.15, 0.2) is 0 Å². The summed E-state index contributed by atoms with van der Waals surface area (Å²) in [6, 6.07) is 23.0. The Kier molecular flexibility index (Phi) is 5.44. The minimum Gasteiger partial charge on any atom is -0.508 e. The highest BCUT2D eigenvalue weighted by Gasteiger charge is 2.35. The summed E-state index contributed by atoms with van der Waals surface area (Å²) in [7, 11) is 1.61. The summed E-state index contributed by atoms with van der Waals surface area (Å²) in [5, 5.41) is 17.0. The Labute approximate surface area is 195 Å². The van der Waals surface area contributed by atoms with Gasteiger partial charge in [-0.15, -0.1) is 0 Å². The fraction of sp³-hybridized carbons (Fsp3) is 0.115. The predicted octanol–water partition coefficient (Wildman–Crippen LogP) is 5.59. The van der Waals surface area contributed by atoms with Crippen LogP contribution >= 0.6 is 11.6 Å². The van der Waals surface area contributed by atoms with Crippen molar-refractivity contribution in [2.45, 2.75) is 12.5 Å². The molecular formula is C26H20ClN3O3. The number of phenolic OH excluding ortho intramolecular Hbond substituents is 1. The van der Waals surface area contributed by atoms with Crippen LogP contribution in [0.25, 0.3) is 10.9 Å². The highest BCUT2D eigenvalue weighted by molar-refractivity contribution is 6.30. The molecule has 1 atom stereocenters. The maximum Gasteiger partial charge on any atom is 0.274 e. The smallest absolute Gasteiger partial charge is 0.274 e. The maximum atomic E-state index is 13.4. The molecule has 7 heteroatoms. The minimum absolute atomic E-state index is 0.0914. The summed E-state index contributed by atoms with van der Waals surface area (Å²) in [6.07, 6.45) is 0.491. The van der Waals surface area contributed by atoms with Crippen molar-refractivity contribution in [1.82, 2.24) is 9.99 Å². The standard InChI is InChI=1S/C26H20ClN3O3/c1-33-20-11-12-22-18(13-20)14-21(25(27)28-22)24-15-23(16-5-3-2-4-6-16)29-30(24)26(32)17-7-9-19(31)10-8-17/h2-14,24,31H,15H2,1H3. The summed E-state index contributed by atoms with van der Waals surface area (Å²) in [5.74, 6) is 0.517. The summed E-state index contributed by atoms with van der Waals surface area (Å²) in [4.78, 5) is 18.0. The van der Waals surface area contributed by atoms with Gasteiger partial charge in [0, 0.05) is 22.9 Å². The van der Waals surface area contributed by atoms with Crippen LogP contribution in [0.5, 0.6) is 11.5 Å². The van der Waals surface area contributed by atoms with Gasteiger partial charge in [0.2, 0.25) is 0 Å². The second-order valence-corrected chi connectivity index (χ2v) is 8.11. The zero-order valence-corrected chi connectivity index (χ0v) is 18.5. The van der Waals surface area contributed by atoms with Crippen molar-refractivity contribution >= 4 is 34.1 Å². The van der Waals surface area contributed by atoms with E-state index in [9.17, 15) is 9.90 Å². The molecule has 33 heavy (non-hydrogen) atoms. The fourth-order valence-electron chi connectivity index (χ4n) is 3.99. The lowest BCUT2D eigenvalue weighted by Gasteiger charge is -2.23. The van der Waals surface area contributed by atoms with E-state index in [1.165, 1.54) is 17.1 Å². The normalized spacial score (nSPS) is 15.5. The Morgan fingerprint density at radius 1 is 1.06 bits per heavy atom. The van der Waals surface area contributed by atoms with Gasteiger partial charge in [-0.3, -0.25) is 4.79 Å². The van der Waals surface area contributed by atoms with Crippen LogP contribution in [-0.4, -0.2) is 33.8 Å². The third-order valence-corrected chi connectivity index (χ3v) is 6.00. The van der Waals surface area contributed by atoms with Gasteiger partial charge in [-0.2, -0.15) is 5.10 Å².